The molecule has 0 aromatic heterocycles. The number of hydrogen-bond acceptors (Lipinski definition) is 4. The molecule has 0 aliphatic heterocycles. The monoisotopic (exact) mass is 313 g/mol. The summed E-state index contributed by atoms with van der Waals surface area (Å²) in [6.07, 6.45) is 0. The van der Waals surface area contributed by atoms with Gasteiger partial charge in [-0.25, -0.2) is 12.8 Å². The zero-order valence-corrected chi connectivity index (χ0v) is 13.2. The summed E-state index contributed by atoms with van der Waals surface area (Å²) in [5.74, 6) is -0.840. The SMILES string of the molecule is CCN(CC(C)(C)CN)S(=O)(=O)c1cccc(F)c1C#N. The predicted molar refractivity (Wildman–Crippen MR) is 78.4 cm³/mol. The molecule has 0 radical (unpaired) electrons. The van der Waals surface area contributed by atoms with Gasteiger partial charge in [-0.2, -0.15) is 9.57 Å². The fourth-order valence-corrected chi connectivity index (χ4v) is 3.66. The second-order valence-electron chi connectivity index (χ2n) is 5.52. The summed E-state index contributed by atoms with van der Waals surface area (Å²) < 4.78 is 40.2. The van der Waals surface area contributed by atoms with Gasteiger partial charge in [-0.05, 0) is 24.1 Å². The Bertz CT molecular complexity index is 651. The van der Waals surface area contributed by atoms with E-state index in [2.05, 4.69) is 0 Å². The highest BCUT2D eigenvalue weighted by Gasteiger charge is 2.31. The third-order valence-electron chi connectivity index (χ3n) is 3.21. The normalized spacial score (nSPS) is 12.4. The van der Waals surface area contributed by atoms with Crippen molar-refractivity contribution in [1.29, 1.82) is 5.26 Å². The van der Waals surface area contributed by atoms with E-state index in [0.717, 1.165) is 6.07 Å². The summed E-state index contributed by atoms with van der Waals surface area (Å²) in [5.41, 5.74) is 4.77. The lowest BCUT2D eigenvalue weighted by molar-refractivity contribution is 0.273. The Labute approximate surface area is 125 Å². The Morgan fingerprint density at radius 2 is 2.05 bits per heavy atom. The molecule has 0 amide bonds. The van der Waals surface area contributed by atoms with Crippen molar-refractivity contribution in [2.45, 2.75) is 25.7 Å². The van der Waals surface area contributed by atoms with Gasteiger partial charge in [-0.3, -0.25) is 0 Å². The number of sulfonamides is 1. The zero-order valence-electron chi connectivity index (χ0n) is 12.4. The fraction of sp³-hybridized carbons (Fsp3) is 0.500. The van der Waals surface area contributed by atoms with Crippen molar-refractivity contribution in [3.63, 3.8) is 0 Å². The van der Waals surface area contributed by atoms with Crippen LogP contribution in [0.2, 0.25) is 0 Å². The second kappa shape index (κ2) is 6.52. The van der Waals surface area contributed by atoms with Gasteiger partial charge in [0.15, 0.2) is 0 Å². The molecule has 116 valence electrons. The molecule has 21 heavy (non-hydrogen) atoms. The van der Waals surface area contributed by atoms with Gasteiger partial charge in [0.1, 0.15) is 22.3 Å². The van der Waals surface area contributed by atoms with Crippen molar-refractivity contribution in [2.75, 3.05) is 19.6 Å². The van der Waals surface area contributed by atoms with E-state index < -0.39 is 26.8 Å². The van der Waals surface area contributed by atoms with Crippen LogP contribution < -0.4 is 5.73 Å². The van der Waals surface area contributed by atoms with Crippen LogP contribution in [0.3, 0.4) is 0 Å². The number of nitriles is 1. The molecule has 0 spiro atoms. The average molecular weight is 313 g/mol. The molecule has 1 aromatic rings. The van der Waals surface area contributed by atoms with E-state index in [-0.39, 0.29) is 18.0 Å². The van der Waals surface area contributed by atoms with E-state index in [1.807, 2.05) is 13.8 Å². The van der Waals surface area contributed by atoms with Crippen LogP contribution in [0.1, 0.15) is 26.3 Å². The summed E-state index contributed by atoms with van der Waals surface area (Å²) in [6, 6.07) is 5.22. The summed E-state index contributed by atoms with van der Waals surface area (Å²) in [4.78, 5) is -0.306. The molecule has 2 N–H and O–H groups in total. The third kappa shape index (κ3) is 3.79. The Kier molecular flexibility index (Phi) is 5.45. The largest absolute Gasteiger partial charge is 0.330 e. The van der Waals surface area contributed by atoms with Gasteiger partial charge in [-0.15, -0.1) is 0 Å². The van der Waals surface area contributed by atoms with Gasteiger partial charge in [0.25, 0.3) is 0 Å². The van der Waals surface area contributed by atoms with E-state index >= 15 is 0 Å². The van der Waals surface area contributed by atoms with Crippen LogP contribution in [0.25, 0.3) is 0 Å². The molecular weight excluding hydrogens is 293 g/mol. The van der Waals surface area contributed by atoms with Gasteiger partial charge >= 0.3 is 0 Å². The molecule has 0 bridgehead atoms. The van der Waals surface area contributed by atoms with E-state index in [1.54, 1.807) is 13.0 Å². The van der Waals surface area contributed by atoms with E-state index in [9.17, 15) is 12.8 Å². The summed E-state index contributed by atoms with van der Waals surface area (Å²) >= 11 is 0. The van der Waals surface area contributed by atoms with Crippen LogP contribution in [0.4, 0.5) is 4.39 Å². The third-order valence-corrected chi connectivity index (χ3v) is 5.18. The Morgan fingerprint density at radius 1 is 1.43 bits per heavy atom. The molecular formula is C14H20FN3O2S. The number of rotatable bonds is 6. The standard InChI is InChI=1S/C14H20FN3O2S/c1-4-18(10-14(2,3)9-17)21(19,20)13-7-5-6-12(15)11(13)8-16/h5-7H,4,9-10,17H2,1-3H3. The molecule has 0 unspecified atom stereocenters. The fourth-order valence-electron chi connectivity index (χ4n) is 1.88. The highest BCUT2D eigenvalue weighted by molar-refractivity contribution is 7.89. The maximum absolute atomic E-state index is 13.6. The minimum atomic E-state index is -3.94. The van der Waals surface area contributed by atoms with Crippen LogP contribution in [-0.4, -0.2) is 32.4 Å². The average Bonchev–Trinajstić information content (AvgIpc) is 2.44. The summed E-state index contributed by atoms with van der Waals surface area (Å²) in [7, 11) is -3.94. The smallest absolute Gasteiger partial charge is 0.244 e. The molecule has 0 saturated carbocycles. The van der Waals surface area contributed by atoms with E-state index in [4.69, 9.17) is 11.0 Å². The molecule has 0 heterocycles. The minimum Gasteiger partial charge on any atom is -0.330 e. The molecule has 0 atom stereocenters. The van der Waals surface area contributed by atoms with Crippen LogP contribution >= 0.6 is 0 Å². The topological polar surface area (TPSA) is 87.2 Å². The highest BCUT2D eigenvalue weighted by atomic mass is 32.2. The lowest BCUT2D eigenvalue weighted by Crippen LogP contribution is -2.42. The van der Waals surface area contributed by atoms with Gasteiger partial charge in [-0.1, -0.05) is 26.8 Å². The van der Waals surface area contributed by atoms with Crippen molar-refractivity contribution in [2.24, 2.45) is 11.1 Å². The number of nitrogens with zero attached hydrogens (tertiary/aromatic N) is 2. The first kappa shape index (κ1) is 17.6. The quantitative estimate of drug-likeness (QED) is 0.866. The number of hydrogen-bond donors (Lipinski definition) is 1. The first-order valence-electron chi connectivity index (χ1n) is 6.58. The van der Waals surface area contributed by atoms with Crippen molar-refractivity contribution in [3.05, 3.63) is 29.6 Å². The Hall–Kier alpha value is -1.49. The lowest BCUT2D eigenvalue weighted by atomic mass is 9.94. The molecule has 5 nitrogen and oxygen atoms in total. The molecule has 1 aromatic carbocycles. The Morgan fingerprint density at radius 3 is 2.52 bits per heavy atom. The van der Waals surface area contributed by atoms with E-state index in [0.29, 0.717) is 6.54 Å². The molecule has 1 rings (SSSR count). The number of halogens is 1. The van der Waals surface area contributed by atoms with Crippen molar-refractivity contribution in [3.8, 4) is 6.07 Å². The molecule has 0 fully saturated rings. The summed E-state index contributed by atoms with van der Waals surface area (Å²) in [6.45, 7) is 6.11. The van der Waals surface area contributed by atoms with Crippen LogP contribution in [0.5, 0.6) is 0 Å². The number of nitrogens with two attached hydrogens (primary N) is 1. The minimum absolute atomic E-state index is 0.198. The maximum Gasteiger partial charge on any atom is 0.244 e. The highest BCUT2D eigenvalue weighted by Crippen LogP contribution is 2.25. The lowest BCUT2D eigenvalue weighted by Gasteiger charge is -2.30. The first-order chi connectivity index (χ1) is 9.69. The van der Waals surface area contributed by atoms with Gasteiger partial charge in [0.2, 0.25) is 10.0 Å². The van der Waals surface area contributed by atoms with Crippen LogP contribution in [0, 0.1) is 22.6 Å². The van der Waals surface area contributed by atoms with Crippen molar-refractivity contribution in [1.82, 2.24) is 4.31 Å². The maximum atomic E-state index is 13.6. The first-order valence-corrected chi connectivity index (χ1v) is 8.02. The van der Waals surface area contributed by atoms with Gasteiger partial charge in [0, 0.05) is 13.1 Å². The van der Waals surface area contributed by atoms with Gasteiger partial charge in [0.05, 0.1) is 0 Å². The van der Waals surface area contributed by atoms with Crippen molar-refractivity contribution >= 4 is 10.0 Å². The van der Waals surface area contributed by atoms with Crippen molar-refractivity contribution < 1.29 is 12.8 Å². The predicted octanol–water partition coefficient (Wildman–Crippen LogP) is 1.69. The van der Waals surface area contributed by atoms with Gasteiger partial charge < -0.3 is 5.73 Å². The summed E-state index contributed by atoms with van der Waals surface area (Å²) in [5, 5.41) is 9.00. The molecule has 0 aliphatic carbocycles. The van der Waals surface area contributed by atoms with Crippen LogP contribution in [0.15, 0.2) is 23.1 Å². The molecule has 0 aliphatic rings. The number of benzene rings is 1. The molecule has 7 heteroatoms. The second-order valence-corrected chi connectivity index (χ2v) is 7.43. The van der Waals surface area contributed by atoms with E-state index in [1.165, 1.54) is 16.4 Å². The van der Waals surface area contributed by atoms with Crippen LogP contribution in [-0.2, 0) is 10.0 Å². The Balaban J connectivity index is 3.33. The zero-order chi connectivity index (χ0) is 16.3. The molecule has 0 saturated heterocycles.